The smallest absolute Gasteiger partial charge is 0.318 e. The van der Waals surface area contributed by atoms with E-state index in [-0.39, 0.29) is 17.7 Å². The van der Waals surface area contributed by atoms with E-state index in [9.17, 15) is 14.4 Å². The zero-order valence-corrected chi connectivity index (χ0v) is 13.3. The molecule has 1 atom stereocenters. The van der Waals surface area contributed by atoms with Crippen molar-refractivity contribution >= 4 is 29.2 Å². The fourth-order valence-corrected chi connectivity index (χ4v) is 1.82. The van der Waals surface area contributed by atoms with Crippen LogP contribution in [0, 0.1) is 0 Å². The molecule has 0 radical (unpaired) electrons. The zero-order chi connectivity index (χ0) is 17.5. The summed E-state index contributed by atoms with van der Waals surface area (Å²) in [6.07, 6.45) is 1.38. The summed E-state index contributed by atoms with van der Waals surface area (Å²) in [6.45, 7) is 1.57. The van der Waals surface area contributed by atoms with Gasteiger partial charge in [0.05, 0.1) is 6.26 Å². The van der Waals surface area contributed by atoms with Gasteiger partial charge in [-0.25, -0.2) is 4.79 Å². The minimum Gasteiger partial charge on any atom is -0.459 e. The highest BCUT2D eigenvalue weighted by atomic mass is 16.3. The van der Waals surface area contributed by atoms with Gasteiger partial charge < -0.3 is 25.7 Å². The molecule has 0 aliphatic heterocycles. The number of urea groups is 1. The van der Waals surface area contributed by atoms with Crippen LogP contribution in [-0.2, 0) is 4.79 Å². The first-order valence-corrected chi connectivity index (χ1v) is 7.23. The van der Waals surface area contributed by atoms with Gasteiger partial charge in [0.15, 0.2) is 5.76 Å². The molecule has 1 aromatic carbocycles. The molecule has 0 aliphatic carbocycles. The van der Waals surface area contributed by atoms with Crippen molar-refractivity contribution in [3.05, 3.63) is 48.4 Å². The Hall–Kier alpha value is -3.29. The number of amides is 4. The summed E-state index contributed by atoms with van der Waals surface area (Å²) in [5.74, 6) is -0.700. The van der Waals surface area contributed by atoms with E-state index in [0.29, 0.717) is 11.4 Å². The lowest BCUT2D eigenvalue weighted by Gasteiger charge is -2.13. The molecule has 4 N–H and O–H groups in total. The Morgan fingerprint density at radius 2 is 1.62 bits per heavy atom. The lowest BCUT2D eigenvalue weighted by Crippen LogP contribution is -2.41. The van der Waals surface area contributed by atoms with Crippen LogP contribution in [0.25, 0.3) is 0 Å². The molecule has 8 nitrogen and oxygen atoms in total. The van der Waals surface area contributed by atoms with Gasteiger partial charge in [-0.1, -0.05) is 0 Å². The summed E-state index contributed by atoms with van der Waals surface area (Å²) in [7, 11) is 1.52. The first kappa shape index (κ1) is 17.1. The highest BCUT2D eigenvalue weighted by molar-refractivity contribution is 6.00. The monoisotopic (exact) mass is 330 g/mol. The van der Waals surface area contributed by atoms with Gasteiger partial charge in [0.25, 0.3) is 5.91 Å². The van der Waals surface area contributed by atoms with Gasteiger partial charge in [0.1, 0.15) is 6.04 Å². The zero-order valence-electron chi connectivity index (χ0n) is 13.3. The molecule has 0 bridgehead atoms. The van der Waals surface area contributed by atoms with Gasteiger partial charge in [-0.15, -0.1) is 0 Å². The number of carbonyl (C=O) groups is 3. The van der Waals surface area contributed by atoms with Crippen LogP contribution in [0.3, 0.4) is 0 Å². The fourth-order valence-electron chi connectivity index (χ4n) is 1.82. The topological polar surface area (TPSA) is 112 Å². The Bertz CT molecular complexity index is 710. The number of carbonyl (C=O) groups excluding carboxylic acids is 3. The molecular formula is C16H18N4O4. The normalized spacial score (nSPS) is 11.2. The van der Waals surface area contributed by atoms with Crippen LogP contribution in [0.5, 0.6) is 0 Å². The van der Waals surface area contributed by atoms with Crippen molar-refractivity contribution in [1.29, 1.82) is 0 Å². The van der Waals surface area contributed by atoms with E-state index in [1.807, 2.05) is 0 Å². The van der Waals surface area contributed by atoms with Crippen LogP contribution in [0.4, 0.5) is 16.2 Å². The first-order valence-electron chi connectivity index (χ1n) is 7.23. The minimum atomic E-state index is -0.744. The Morgan fingerprint density at radius 3 is 2.17 bits per heavy atom. The third kappa shape index (κ3) is 4.60. The second-order valence-electron chi connectivity index (χ2n) is 4.94. The molecule has 0 saturated carbocycles. The number of hydrogen-bond acceptors (Lipinski definition) is 4. The van der Waals surface area contributed by atoms with Gasteiger partial charge in [0.2, 0.25) is 5.91 Å². The summed E-state index contributed by atoms with van der Waals surface area (Å²) in [6, 6.07) is 8.61. The molecule has 0 saturated heterocycles. The Kier molecular flexibility index (Phi) is 5.56. The molecule has 2 aromatic rings. The summed E-state index contributed by atoms with van der Waals surface area (Å²) in [5.41, 5.74) is 1.13. The predicted octanol–water partition coefficient (Wildman–Crippen LogP) is 1.79. The van der Waals surface area contributed by atoms with E-state index in [2.05, 4.69) is 21.3 Å². The fraction of sp³-hybridized carbons (Fsp3) is 0.188. The summed E-state index contributed by atoms with van der Waals surface area (Å²) in [4.78, 5) is 35.1. The van der Waals surface area contributed by atoms with Gasteiger partial charge in [-0.3, -0.25) is 9.59 Å². The summed E-state index contributed by atoms with van der Waals surface area (Å²) in [5, 5.41) is 10.3. The number of hydrogen-bond donors (Lipinski definition) is 4. The van der Waals surface area contributed by atoms with Crippen LogP contribution < -0.4 is 21.3 Å². The number of anilines is 2. The van der Waals surface area contributed by atoms with Crippen LogP contribution in [0.15, 0.2) is 47.1 Å². The quantitative estimate of drug-likeness (QED) is 0.669. The van der Waals surface area contributed by atoms with Crippen molar-refractivity contribution in [3.63, 3.8) is 0 Å². The second kappa shape index (κ2) is 7.82. The van der Waals surface area contributed by atoms with Crippen molar-refractivity contribution < 1.29 is 18.8 Å². The Balaban J connectivity index is 1.89. The maximum Gasteiger partial charge on any atom is 0.318 e. The third-order valence-electron chi connectivity index (χ3n) is 3.12. The van der Waals surface area contributed by atoms with E-state index in [1.54, 1.807) is 37.3 Å². The molecule has 4 amide bonds. The maximum atomic E-state index is 12.1. The van der Waals surface area contributed by atoms with Crippen molar-refractivity contribution in [2.45, 2.75) is 13.0 Å². The van der Waals surface area contributed by atoms with E-state index >= 15 is 0 Å². The van der Waals surface area contributed by atoms with Crippen LogP contribution >= 0.6 is 0 Å². The molecule has 1 aromatic heterocycles. The number of nitrogens with one attached hydrogen (secondary N) is 4. The Labute approximate surface area is 138 Å². The van der Waals surface area contributed by atoms with Crippen LogP contribution in [0.2, 0.25) is 0 Å². The molecular weight excluding hydrogens is 312 g/mol. The highest BCUT2D eigenvalue weighted by Gasteiger charge is 2.18. The van der Waals surface area contributed by atoms with Crippen molar-refractivity contribution in [3.8, 4) is 0 Å². The Morgan fingerprint density at radius 1 is 1.00 bits per heavy atom. The lowest BCUT2D eigenvalue weighted by atomic mass is 10.2. The van der Waals surface area contributed by atoms with Crippen LogP contribution in [-0.4, -0.2) is 30.9 Å². The molecule has 1 heterocycles. The number of furan rings is 1. The molecule has 1 unspecified atom stereocenters. The molecule has 0 aliphatic rings. The van der Waals surface area contributed by atoms with Gasteiger partial charge >= 0.3 is 6.03 Å². The molecule has 2 rings (SSSR count). The number of rotatable bonds is 5. The van der Waals surface area contributed by atoms with Crippen molar-refractivity contribution in [1.82, 2.24) is 10.6 Å². The summed E-state index contributed by atoms with van der Waals surface area (Å²) < 4.78 is 4.96. The van der Waals surface area contributed by atoms with E-state index in [4.69, 9.17) is 4.42 Å². The lowest BCUT2D eigenvalue weighted by molar-refractivity contribution is -0.117. The maximum absolute atomic E-state index is 12.1. The molecule has 0 fully saturated rings. The van der Waals surface area contributed by atoms with Crippen LogP contribution in [0.1, 0.15) is 17.5 Å². The second-order valence-corrected chi connectivity index (χ2v) is 4.94. The van der Waals surface area contributed by atoms with Crippen molar-refractivity contribution in [2.75, 3.05) is 17.7 Å². The molecule has 8 heteroatoms. The molecule has 0 spiro atoms. The first-order chi connectivity index (χ1) is 11.5. The largest absolute Gasteiger partial charge is 0.459 e. The summed E-state index contributed by atoms with van der Waals surface area (Å²) >= 11 is 0. The van der Waals surface area contributed by atoms with E-state index in [0.717, 1.165) is 0 Å². The van der Waals surface area contributed by atoms with Gasteiger partial charge in [-0.2, -0.15) is 0 Å². The van der Waals surface area contributed by atoms with Gasteiger partial charge in [-0.05, 0) is 43.3 Å². The molecule has 24 heavy (non-hydrogen) atoms. The number of benzene rings is 1. The SMILES string of the molecule is CNC(=O)Nc1ccc(NC(=O)C(C)NC(=O)c2ccco2)cc1. The predicted molar refractivity (Wildman–Crippen MR) is 88.8 cm³/mol. The van der Waals surface area contributed by atoms with Crippen molar-refractivity contribution in [2.24, 2.45) is 0 Å². The van der Waals surface area contributed by atoms with E-state index < -0.39 is 11.9 Å². The highest BCUT2D eigenvalue weighted by Crippen LogP contribution is 2.13. The average molecular weight is 330 g/mol. The minimum absolute atomic E-state index is 0.138. The van der Waals surface area contributed by atoms with Gasteiger partial charge in [0, 0.05) is 18.4 Å². The average Bonchev–Trinajstić information content (AvgIpc) is 3.11. The van der Waals surface area contributed by atoms with E-state index in [1.165, 1.54) is 19.4 Å². The standard InChI is InChI=1S/C16H18N4O4/c1-10(18-15(22)13-4-3-9-24-13)14(21)19-11-5-7-12(8-6-11)20-16(23)17-2/h3-10H,1-2H3,(H,18,22)(H,19,21)(H2,17,20,23). The third-order valence-corrected chi connectivity index (χ3v) is 3.12. The molecule has 126 valence electrons.